The van der Waals surface area contributed by atoms with Crippen LogP contribution in [0, 0.1) is 5.82 Å². The summed E-state index contributed by atoms with van der Waals surface area (Å²) in [7, 11) is -3.87. The number of carboxylic acids is 1. The highest BCUT2D eigenvalue weighted by Crippen LogP contribution is 2.42. The third kappa shape index (κ3) is 6.39. The summed E-state index contributed by atoms with van der Waals surface area (Å²) in [6.45, 7) is 4.34. The summed E-state index contributed by atoms with van der Waals surface area (Å²) in [5, 5.41) is 8.93. The Morgan fingerprint density at radius 2 is 2.00 bits per heavy atom. The van der Waals surface area contributed by atoms with E-state index in [-0.39, 0.29) is 29.8 Å². The van der Waals surface area contributed by atoms with E-state index in [2.05, 4.69) is 4.72 Å². The molecule has 1 heterocycles. The van der Waals surface area contributed by atoms with Gasteiger partial charge in [-0.1, -0.05) is 26.7 Å². The number of carboxylic acid groups (broad SMARTS) is 1. The molecule has 0 bridgehead atoms. The van der Waals surface area contributed by atoms with E-state index in [1.807, 2.05) is 18.7 Å². The van der Waals surface area contributed by atoms with Crippen molar-refractivity contribution in [2.24, 2.45) is 0 Å². The van der Waals surface area contributed by atoms with Crippen LogP contribution in [0.5, 0.6) is 5.75 Å². The predicted octanol–water partition coefficient (Wildman–Crippen LogP) is 4.78. The van der Waals surface area contributed by atoms with Gasteiger partial charge in [-0.05, 0) is 42.5 Å². The Kier molecular flexibility index (Phi) is 8.61. The maximum absolute atomic E-state index is 13.6. The van der Waals surface area contributed by atoms with Crippen molar-refractivity contribution in [1.29, 1.82) is 0 Å². The van der Waals surface area contributed by atoms with Gasteiger partial charge in [0.25, 0.3) is 0 Å². The van der Waals surface area contributed by atoms with Crippen LogP contribution in [0.4, 0.5) is 15.8 Å². The molecule has 2 aromatic rings. The smallest absolute Gasteiger partial charge is 0.306 e. The topological polar surface area (TPSA) is 95.9 Å². The van der Waals surface area contributed by atoms with Crippen molar-refractivity contribution < 1.29 is 27.4 Å². The summed E-state index contributed by atoms with van der Waals surface area (Å²) in [5.41, 5.74) is 1.17. The van der Waals surface area contributed by atoms with Crippen LogP contribution >= 0.6 is 11.8 Å². The molecule has 0 fully saturated rings. The number of nitrogens with zero attached hydrogens (tertiary/aromatic N) is 1. The molecular weight excluding hydrogens is 467 g/mol. The molecule has 2 N–H and O–H groups in total. The number of carbonyl (C=O) groups is 1. The number of aliphatic carboxylic acids is 1. The second-order valence-corrected chi connectivity index (χ2v) is 10.7. The molecule has 1 atom stereocenters. The number of ether oxygens (including phenoxy) is 1. The van der Waals surface area contributed by atoms with Gasteiger partial charge in [-0.2, -0.15) is 0 Å². The van der Waals surface area contributed by atoms with Crippen LogP contribution in [0.25, 0.3) is 0 Å². The number of halogens is 1. The molecule has 2 aromatic carbocycles. The maximum atomic E-state index is 13.6. The van der Waals surface area contributed by atoms with Gasteiger partial charge in [-0.25, -0.2) is 17.5 Å². The average molecular weight is 497 g/mol. The van der Waals surface area contributed by atoms with Gasteiger partial charge in [-0.15, -0.1) is 11.8 Å². The van der Waals surface area contributed by atoms with E-state index in [9.17, 15) is 17.6 Å². The minimum atomic E-state index is -3.87. The van der Waals surface area contributed by atoms with Crippen molar-refractivity contribution in [1.82, 2.24) is 4.72 Å². The number of thioether (sulfide) groups is 1. The second-order valence-electron chi connectivity index (χ2n) is 7.74. The van der Waals surface area contributed by atoms with Crippen LogP contribution in [0.15, 0.2) is 46.2 Å². The van der Waals surface area contributed by atoms with Crippen LogP contribution in [0.3, 0.4) is 0 Å². The Morgan fingerprint density at radius 1 is 1.27 bits per heavy atom. The summed E-state index contributed by atoms with van der Waals surface area (Å²) in [4.78, 5) is 13.6. The van der Waals surface area contributed by atoms with Crippen LogP contribution in [0.1, 0.15) is 39.5 Å². The summed E-state index contributed by atoms with van der Waals surface area (Å²) in [6, 6.07) is 8.89. The zero-order chi connectivity index (χ0) is 24.0. The molecule has 0 radical (unpaired) electrons. The summed E-state index contributed by atoms with van der Waals surface area (Å²) in [6.07, 6.45) is 2.26. The molecule has 0 amide bonds. The summed E-state index contributed by atoms with van der Waals surface area (Å²) >= 11 is 1.48. The first-order chi connectivity index (χ1) is 15.7. The van der Waals surface area contributed by atoms with Gasteiger partial charge in [0.1, 0.15) is 16.5 Å². The summed E-state index contributed by atoms with van der Waals surface area (Å²) < 4.78 is 48.8. The minimum Gasteiger partial charge on any atom is -0.492 e. The number of unbranched alkanes of at least 4 members (excludes halogenated alkanes) is 1. The van der Waals surface area contributed by atoms with Crippen molar-refractivity contribution in [2.45, 2.75) is 55.4 Å². The number of rotatable bonds is 10. The van der Waals surface area contributed by atoms with Crippen LogP contribution in [-0.2, 0) is 14.8 Å². The number of hydrogen-bond acceptors (Lipinski definition) is 6. The Balaban J connectivity index is 2.13. The SMILES string of the molecule is CCCCC1CN(c2ccc(F)cc2)c2cc(SCC)c(OCCC(=O)O)cc2S(=O)(=O)N1. The molecule has 7 nitrogen and oxygen atoms in total. The molecule has 3 rings (SSSR count). The third-order valence-electron chi connectivity index (χ3n) is 5.25. The van der Waals surface area contributed by atoms with Crippen molar-refractivity contribution in [3.05, 3.63) is 42.2 Å². The predicted molar refractivity (Wildman–Crippen MR) is 128 cm³/mol. The molecule has 0 spiro atoms. The fourth-order valence-electron chi connectivity index (χ4n) is 3.69. The fraction of sp³-hybridized carbons (Fsp3) is 0.435. The lowest BCUT2D eigenvalue weighted by Gasteiger charge is -2.28. The van der Waals surface area contributed by atoms with E-state index in [0.29, 0.717) is 30.1 Å². The molecule has 0 saturated heterocycles. The van der Waals surface area contributed by atoms with Gasteiger partial charge >= 0.3 is 5.97 Å². The summed E-state index contributed by atoms with van der Waals surface area (Å²) in [5.74, 6) is -0.316. The lowest BCUT2D eigenvalue weighted by Crippen LogP contribution is -2.39. The largest absolute Gasteiger partial charge is 0.492 e. The number of hydrogen-bond donors (Lipinski definition) is 2. The zero-order valence-corrected chi connectivity index (χ0v) is 20.3. The van der Waals surface area contributed by atoms with Crippen molar-refractivity contribution in [2.75, 3.05) is 23.8 Å². The van der Waals surface area contributed by atoms with Crippen molar-refractivity contribution >= 4 is 39.1 Å². The molecule has 33 heavy (non-hydrogen) atoms. The van der Waals surface area contributed by atoms with Gasteiger partial charge in [0.15, 0.2) is 0 Å². The van der Waals surface area contributed by atoms with E-state index < -0.39 is 16.0 Å². The molecule has 1 unspecified atom stereocenters. The van der Waals surface area contributed by atoms with Crippen LogP contribution in [-0.4, -0.2) is 44.4 Å². The molecule has 10 heteroatoms. The Labute approximate surface area is 198 Å². The highest BCUT2D eigenvalue weighted by Gasteiger charge is 2.33. The Hall–Kier alpha value is -2.30. The molecule has 180 valence electrons. The third-order valence-corrected chi connectivity index (χ3v) is 7.72. The number of nitrogens with one attached hydrogen (secondary N) is 1. The number of anilines is 2. The first-order valence-electron chi connectivity index (χ1n) is 11.0. The minimum absolute atomic E-state index is 0.0524. The van der Waals surface area contributed by atoms with Crippen LogP contribution in [0.2, 0.25) is 0 Å². The van der Waals surface area contributed by atoms with Gasteiger partial charge in [0.05, 0.1) is 23.6 Å². The standard InChI is InChI=1S/C23H29FN2O5S2/c1-3-5-6-17-15-26(18-9-7-16(24)8-10-18)19-13-21(32-4-2)20(31-12-11-23(27)28)14-22(19)33(29,30)25-17/h7-10,13-14,17,25H,3-6,11-12,15H2,1-2H3,(H,27,28). The molecular formula is C23H29FN2O5S2. The Bertz CT molecular complexity index is 1080. The van der Waals surface area contributed by atoms with Gasteiger partial charge in [0, 0.05) is 24.3 Å². The molecule has 0 aliphatic carbocycles. The zero-order valence-electron chi connectivity index (χ0n) is 18.7. The Morgan fingerprint density at radius 3 is 2.64 bits per heavy atom. The highest BCUT2D eigenvalue weighted by molar-refractivity contribution is 7.99. The van der Waals surface area contributed by atoms with E-state index in [1.165, 1.54) is 30.0 Å². The van der Waals surface area contributed by atoms with E-state index in [4.69, 9.17) is 9.84 Å². The van der Waals surface area contributed by atoms with Gasteiger partial charge in [-0.3, -0.25) is 4.79 Å². The molecule has 1 aliphatic rings. The van der Waals surface area contributed by atoms with Crippen LogP contribution < -0.4 is 14.4 Å². The molecule has 0 aromatic heterocycles. The fourth-order valence-corrected chi connectivity index (χ4v) is 5.92. The van der Waals surface area contributed by atoms with E-state index >= 15 is 0 Å². The maximum Gasteiger partial charge on any atom is 0.306 e. The molecule has 0 saturated carbocycles. The van der Waals surface area contributed by atoms with Crippen molar-refractivity contribution in [3.63, 3.8) is 0 Å². The second kappa shape index (κ2) is 11.2. The average Bonchev–Trinajstić information content (AvgIpc) is 2.86. The first kappa shape index (κ1) is 25.3. The quantitative estimate of drug-likeness (QED) is 0.457. The van der Waals surface area contributed by atoms with Crippen molar-refractivity contribution in [3.8, 4) is 5.75 Å². The highest BCUT2D eigenvalue weighted by atomic mass is 32.2. The lowest BCUT2D eigenvalue weighted by atomic mass is 10.1. The normalized spacial score (nSPS) is 17.3. The van der Waals surface area contributed by atoms with Gasteiger partial charge < -0.3 is 14.7 Å². The van der Waals surface area contributed by atoms with E-state index in [0.717, 1.165) is 23.5 Å². The number of fused-ring (bicyclic) bond motifs is 1. The first-order valence-corrected chi connectivity index (χ1v) is 13.4. The lowest BCUT2D eigenvalue weighted by molar-refractivity contribution is -0.137. The number of benzene rings is 2. The monoisotopic (exact) mass is 496 g/mol. The van der Waals surface area contributed by atoms with E-state index in [1.54, 1.807) is 18.2 Å². The van der Waals surface area contributed by atoms with Gasteiger partial charge in [0.2, 0.25) is 10.0 Å². The molecule has 1 aliphatic heterocycles. The number of sulfonamides is 1.